The molecule has 3 rings (SSSR count). The summed E-state index contributed by atoms with van der Waals surface area (Å²) in [4.78, 5) is 24.1. The highest BCUT2D eigenvalue weighted by molar-refractivity contribution is 5.94. The normalized spacial score (nSPS) is 15.7. The number of nitrogens with zero attached hydrogens (tertiary/aromatic N) is 4. The molecule has 0 spiro atoms. The van der Waals surface area contributed by atoms with Gasteiger partial charge < -0.3 is 14.9 Å². The number of likely N-dealkylation sites (N-methyl/N-ethyl adjacent to an activating group) is 1. The van der Waals surface area contributed by atoms with Crippen LogP contribution in [0.15, 0.2) is 30.5 Å². The molecule has 23 heavy (non-hydrogen) atoms. The highest BCUT2D eigenvalue weighted by Crippen LogP contribution is 2.26. The molecule has 1 aliphatic rings. The Labute approximate surface area is 133 Å². The highest BCUT2D eigenvalue weighted by atomic mass is 19.1. The molecule has 120 valence electrons. The minimum Gasteiger partial charge on any atom is -0.478 e. The van der Waals surface area contributed by atoms with Crippen molar-refractivity contribution in [3.63, 3.8) is 0 Å². The first-order chi connectivity index (χ1) is 11.1. The molecule has 1 aromatic heterocycles. The summed E-state index contributed by atoms with van der Waals surface area (Å²) in [5, 5.41) is 9.33. The molecular weight excluding hydrogens is 299 g/mol. The molecule has 0 atom stereocenters. The third kappa shape index (κ3) is 3.14. The SMILES string of the molecule is CN1CCN(c2ncc(C(=O)O)c(-c3ccccc3F)n2)CC1. The Balaban J connectivity index is 2.04. The number of anilines is 1. The van der Waals surface area contributed by atoms with Crippen molar-refractivity contribution in [2.24, 2.45) is 0 Å². The minimum absolute atomic E-state index is 0.104. The Hall–Kier alpha value is -2.54. The van der Waals surface area contributed by atoms with Gasteiger partial charge in [0.05, 0.1) is 5.69 Å². The van der Waals surface area contributed by atoms with E-state index in [0.717, 1.165) is 26.2 Å². The second-order valence-corrected chi connectivity index (χ2v) is 5.51. The number of hydrogen-bond acceptors (Lipinski definition) is 5. The lowest BCUT2D eigenvalue weighted by Crippen LogP contribution is -2.45. The van der Waals surface area contributed by atoms with Crippen molar-refractivity contribution >= 4 is 11.9 Å². The molecule has 2 heterocycles. The third-order valence-corrected chi connectivity index (χ3v) is 3.92. The van der Waals surface area contributed by atoms with Gasteiger partial charge in [-0.3, -0.25) is 0 Å². The van der Waals surface area contributed by atoms with Crippen LogP contribution in [0.1, 0.15) is 10.4 Å². The van der Waals surface area contributed by atoms with Crippen LogP contribution in [0.4, 0.5) is 10.3 Å². The van der Waals surface area contributed by atoms with Crippen molar-refractivity contribution in [2.75, 3.05) is 38.1 Å². The van der Waals surface area contributed by atoms with Gasteiger partial charge >= 0.3 is 5.97 Å². The lowest BCUT2D eigenvalue weighted by Gasteiger charge is -2.32. The van der Waals surface area contributed by atoms with Gasteiger partial charge in [0.1, 0.15) is 11.4 Å². The van der Waals surface area contributed by atoms with Gasteiger partial charge in [0.2, 0.25) is 5.95 Å². The monoisotopic (exact) mass is 316 g/mol. The van der Waals surface area contributed by atoms with Crippen LogP contribution in [0.3, 0.4) is 0 Å². The average molecular weight is 316 g/mol. The molecule has 1 aliphatic heterocycles. The van der Waals surface area contributed by atoms with Gasteiger partial charge in [-0.15, -0.1) is 0 Å². The Kier molecular flexibility index (Phi) is 4.20. The molecular formula is C16H17FN4O2. The van der Waals surface area contributed by atoms with Gasteiger partial charge in [-0.2, -0.15) is 0 Å². The van der Waals surface area contributed by atoms with Gasteiger partial charge in [0.25, 0.3) is 0 Å². The number of halogens is 1. The van der Waals surface area contributed by atoms with Crippen LogP contribution in [-0.4, -0.2) is 59.2 Å². The van der Waals surface area contributed by atoms with Crippen LogP contribution < -0.4 is 4.90 Å². The molecule has 0 bridgehead atoms. The number of piperazine rings is 1. The van der Waals surface area contributed by atoms with E-state index in [-0.39, 0.29) is 16.8 Å². The summed E-state index contributed by atoms with van der Waals surface area (Å²) in [6.07, 6.45) is 1.25. The number of aromatic nitrogens is 2. The van der Waals surface area contributed by atoms with E-state index in [4.69, 9.17) is 0 Å². The second kappa shape index (κ2) is 6.29. The molecule has 1 aromatic carbocycles. The van der Waals surface area contributed by atoms with E-state index < -0.39 is 11.8 Å². The Morgan fingerprint density at radius 2 is 1.91 bits per heavy atom. The number of carbonyl (C=O) groups is 1. The second-order valence-electron chi connectivity index (χ2n) is 5.51. The molecule has 1 N–H and O–H groups in total. The number of benzene rings is 1. The van der Waals surface area contributed by atoms with E-state index in [1.54, 1.807) is 12.1 Å². The number of hydrogen-bond donors (Lipinski definition) is 1. The number of rotatable bonds is 3. The van der Waals surface area contributed by atoms with Crippen molar-refractivity contribution in [3.05, 3.63) is 41.8 Å². The van der Waals surface area contributed by atoms with Crippen LogP contribution >= 0.6 is 0 Å². The smallest absolute Gasteiger partial charge is 0.339 e. The van der Waals surface area contributed by atoms with Gasteiger partial charge in [0.15, 0.2) is 0 Å². The molecule has 1 fully saturated rings. The van der Waals surface area contributed by atoms with Crippen LogP contribution in [0, 0.1) is 5.82 Å². The number of carboxylic acid groups (broad SMARTS) is 1. The molecule has 7 heteroatoms. The number of carboxylic acids is 1. The third-order valence-electron chi connectivity index (χ3n) is 3.92. The maximum Gasteiger partial charge on any atom is 0.339 e. The molecule has 2 aromatic rings. The van der Waals surface area contributed by atoms with Gasteiger partial charge in [-0.25, -0.2) is 19.2 Å². The van der Waals surface area contributed by atoms with Crippen LogP contribution in [0.25, 0.3) is 11.3 Å². The molecule has 1 saturated heterocycles. The summed E-state index contributed by atoms with van der Waals surface area (Å²) < 4.78 is 14.1. The Morgan fingerprint density at radius 3 is 2.57 bits per heavy atom. The lowest BCUT2D eigenvalue weighted by molar-refractivity contribution is 0.0697. The fourth-order valence-corrected chi connectivity index (χ4v) is 2.55. The maximum absolute atomic E-state index is 14.1. The Morgan fingerprint density at radius 1 is 1.22 bits per heavy atom. The molecule has 6 nitrogen and oxygen atoms in total. The fourth-order valence-electron chi connectivity index (χ4n) is 2.55. The predicted molar refractivity (Wildman–Crippen MR) is 84.1 cm³/mol. The first-order valence-corrected chi connectivity index (χ1v) is 7.35. The zero-order valence-corrected chi connectivity index (χ0v) is 12.7. The van der Waals surface area contributed by atoms with E-state index in [0.29, 0.717) is 5.95 Å². The van der Waals surface area contributed by atoms with Gasteiger partial charge in [-0.05, 0) is 19.2 Å². The van der Waals surface area contributed by atoms with E-state index in [1.807, 2.05) is 11.9 Å². The predicted octanol–water partition coefficient (Wildman–Crippen LogP) is 1.73. The summed E-state index contributed by atoms with van der Waals surface area (Å²) in [6, 6.07) is 6.03. The van der Waals surface area contributed by atoms with Gasteiger partial charge in [0, 0.05) is 37.9 Å². The number of aromatic carboxylic acids is 1. The Bertz CT molecular complexity index is 730. The van der Waals surface area contributed by atoms with Crippen molar-refractivity contribution in [3.8, 4) is 11.3 Å². The van der Waals surface area contributed by atoms with Crippen molar-refractivity contribution in [2.45, 2.75) is 0 Å². The summed E-state index contributed by atoms with van der Waals surface area (Å²) in [7, 11) is 2.04. The average Bonchev–Trinajstić information content (AvgIpc) is 2.55. The van der Waals surface area contributed by atoms with Gasteiger partial charge in [-0.1, -0.05) is 12.1 Å². The molecule has 0 unspecified atom stereocenters. The standard InChI is InChI=1S/C16H17FN4O2/c1-20-6-8-21(9-7-20)16-18-10-12(15(22)23)14(19-16)11-4-2-3-5-13(11)17/h2-5,10H,6-9H2,1H3,(H,22,23). The fraction of sp³-hybridized carbons (Fsp3) is 0.312. The van der Waals surface area contributed by atoms with Crippen molar-refractivity contribution in [1.29, 1.82) is 0 Å². The minimum atomic E-state index is -1.17. The molecule has 0 aliphatic carbocycles. The van der Waals surface area contributed by atoms with Crippen molar-refractivity contribution < 1.29 is 14.3 Å². The van der Waals surface area contributed by atoms with E-state index in [9.17, 15) is 14.3 Å². The molecule has 0 amide bonds. The first kappa shape index (κ1) is 15.4. The zero-order valence-electron chi connectivity index (χ0n) is 12.7. The summed E-state index contributed by atoms with van der Waals surface area (Å²) in [5.74, 6) is -1.24. The molecule has 0 saturated carbocycles. The summed E-state index contributed by atoms with van der Waals surface area (Å²) in [5.41, 5.74) is 0.176. The van der Waals surface area contributed by atoms with Crippen LogP contribution in [0.2, 0.25) is 0 Å². The highest BCUT2D eigenvalue weighted by Gasteiger charge is 2.22. The first-order valence-electron chi connectivity index (χ1n) is 7.35. The summed E-state index contributed by atoms with van der Waals surface area (Å²) >= 11 is 0. The van der Waals surface area contributed by atoms with Crippen LogP contribution in [-0.2, 0) is 0 Å². The van der Waals surface area contributed by atoms with E-state index in [1.165, 1.54) is 18.3 Å². The quantitative estimate of drug-likeness (QED) is 0.930. The zero-order chi connectivity index (χ0) is 16.4. The maximum atomic E-state index is 14.1. The van der Waals surface area contributed by atoms with E-state index >= 15 is 0 Å². The van der Waals surface area contributed by atoms with E-state index in [2.05, 4.69) is 14.9 Å². The van der Waals surface area contributed by atoms with Crippen molar-refractivity contribution in [1.82, 2.24) is 14.9 Å². The molecule has 0 radical (unpaired) electrons. The summed E-state index contributed by atoms with van der Waals surface area (Å²) in [6.45, 7) is 3.25. The topological polar surface area (TPSA) is 69.6 Å². The lowest BCUT2D eigenvalue weighted by atomic mass is 10.1. The largest absolute Gasteiger partial charge is 0.478 e. The van der Waals surface area contributed by atoms with Crippen LogP contribution in [0.5, 0.6) is 0 Å².